The summed E-state index contributed by atoms with van der Waals surface area (Å²) in [5.74, 6) is 0.745. The first-order chi connectivity index (χ1) is 9.24. The Bertz CT molecular complexity index is 580. The first kappa shape index (κ1) is 12.2. The van der Waals surface area contributed by atoms with E-state index in [1.165, 1.54) is 0 Å². The molecule has 0 amide bonds. The van der Waals surface area contributed by atoms with Gasteiger partial charge in [0, 0.05) is 19.4 Å². The number of imidazole rings is 1. The Morgan fingerprint density at radius 3 is 2.47 bits per heavy atom. The van der Waals surface area contributed by atoms with E-state index >= 15 is 0 Å². The summed E-state index contributed by atoms with van der Waals surface area (Å²) in [5, 5.41) is 0. The Morgan fingerprint density at radius 1 is 1.21 bits per heavy atom. The molecule has 3 nitrogen and oxygen atoms in total. The zero-order valence-electron chi connectivity index (χ0n) is 11.2. The van der Waals surface area contributed by atoms with E-state index in [1.54, 1.807) is 6.20 Å². The standard InChI is InChI=1S/C16H18N2O/c1-18-12-11-17-15(18)14(19)16(9-5-6-10-16)13-7-3-2-4-8-13/h2-4,7-8,11-12H,5-6,9-10H2,1H3. The number of carbonyl (C=O) groups excluding carboxylic acids is 1. The quantitative estimate of drug-likeness (QED) is 0.789. The van der Waals surface area contributed by atoms with Crippen molar-refractivity contribution in [3.63, 3.8) is 0 Å². The number of aromatic nitrogens is 2. The van der Waals surface area contributed by atoms with Gasteiger partial charge in [0.2, 0.25) is 5.78 Å². The SMILES string of the molecule is Cn1ccnc1C(=O)C1(c2ccccc2)CCCC1. The molecule has 98 valence electrons. The minimum Gasteiger partial charge on any atom is -0.332 e. The highest BCUT2D eigenvalue weighted by Gasteiger charge is 2.44. The molecule has 1 heterocycles. The van der Waals surface area contributed by atoms with E-state index < -0.39 is 0 Å². The average Bonchev–Trinajstić information content (AvgIpc) is 3.08. The molecule has 0 saturated heterocycles. The van der Waals surface area contributed by atoms with Gasteiger partial charge in [0.1, 0.15) is 0 Å². The number of hydrogen-bond acceptors (Lipinski definition) is 2. The molecular weight excluding hydrogens is 236 g/mol. The molecule has 0 aliphatic heterocycles. The fraction of sp³-hybridized carbons (Fsp3) is 0.375. The molecule has 1 saturated carbocycles. The molecule has 1 aromatic carbocycles. The van der Waals surface area contributed by atoms with Crippen molar-refractivity contribution in [2.75, 3.05) is 0 Å². The molecule has 0 N–H and O–H groups in total. The summed E-state index contributed by atoms with van der Waals surface area (Å²) in [7, 11) is 1.88. The molecule has 1 aliphatic carbocycles. The second-order valence-corrected chi connectivity index (χ2v) is 5.35. The summed E-state index contributed by atoms with van der Waals surface area (Å²) in [4.78, 5) is 17.2. The van der Waals surface area contributed by atoms with Crippen LogP contribution in [0.3, 0.4) is 0 Å². The monoisotopic (exact) mass is 254 g/mol. The fourth-order valence-corrected chi connectivity index (χ4v) is 3.18. The van der Waals surface area contributed by atoms with Gasteiger partial charge < -0.3 is 4.57 Å². The van der Waals surface area contributed by atoms with Crippen LogP contribution in [-0.4, -0.2) is 15.3 Å². The molecule has 0 unspecified atom stereocenters. The number of benzene rings is 1. The third kappa shape index (κ3) is 1.89. The largest absolute Gasteiger partial charge is 0.332 e. The van der Waals surface area contributed by atoms with Gasteiger partial charge in [-0.2, -0.15) is 0 Å². The van der Waals surface area contributed by atoms with E-state index in [0.29, 0.717) is 5.82 Å². The van der Waals surface area contributed by atoms with Crippen LogP contribution < -0.4 is 0 Å². The van der Waals surface area contributed by atoms with Crippen molar-refractivity contribution >= 4 is 5.78 Å². The van der Waals surface area contributed by atoms with Crippen molar-refractivity contribution < 1.29 is 4.79 Å². The van der Waals surface area contributed by atoms with E-state index in [2.05, 4.69) is 17.1 Å². The van der Waals surface area contributed by atoms with Crippen LogP contribution in [0.4, 0.5) is 0 Å². The van der Waals surface area contributed by atoms with E-state index in [0.717, 1.165) is 31.2 Å². The van der Waals surface area contributed by atoms with Crippen LogP contribution in [0.1, 0.15) is 41.9 Å². The third-order valence-electron chi connectivity index (χ3n) is 4.24. The molecule has 3 rings (SSSR count). The number of carbonyl (C=O) groups is 1. The van der Waals surface area contributed by atoms with Gasteiger partial charge in [-0.05, 0) is 18.4 Å². The Kier molecular flexibility index (Phi) is 2.97. The molecule has 1 aliphatic rings. The molecule has 0 radical (unpaired) electrons. The molecule has 1 aromatic heterocycles. The highest BCUT2D eigenvalue weighted by Crippen LogP contribution is 2.43. The van der Waals surface area contributed by atoms with Gasteiger partial charge in [0.15, 0.2) is 5.82 Å². The second kappa shape index (κ2) is 4.65. The van der Waals surface area contributed by atoms with Gasteiger partial charge in [-0.3, -0.25) is 4.79 Å². The Labute approximate surface area is 113 Å². The lowest BCUT2D eigenvalue weighted by molar-refractivity contribution is 0.0872. The van der Waals surface area contributed by atoms with Gasteiger partial charge >= 0.3 is 0 Å². The maximum atomic E-state index is 13.0. The highest BCUT2D eigenvalue weighted by molar-refractivity contribution is 6.01. The van der Waals surface area contributed by atoms with Crippen LogP contribution in [0.2, 0.25) is 0 Å². The predicted molar refractivity (Wildman–Crippen MR) is 74.1 cm³/mol. The zero-order chi connectivity index (χ0) is 13.3. The van der Waals surface area contributed by atoms with Crippen molar-refractivity contribution in [2.45, 2.75) is 31.1 Å². The molecule has 1 fully saturated rings. The zero-order valence-corrected chi connectivity index (χ0v) is 11.2. The van der Waals surface area contributed by atoms with Gasteiger partial charge in [-0.25, -0.2) is 4.98 Å². The Morgan fingerprint density at radius 2 is 1.89 bits per heavy atom. The normalized spacial score (nSPS) is 17.5. The number of aryl methyl sites for hydroxylation is 1. The summed E-state index contributed by atoms with van der Waals surface area (Å²) in [5.41, 5.74) is 0.779. The lowest BCUT2D eigenvalue weighted by Gasteiger charge is -2.27. The molecule has 0 spiro atoms. The fourth-order valence-electron chi connectivity index (χ4n) is 3.18. The maximum Gasteiger partial charge on any atom is 0.208 e. The van der Waals surface area contributed by atoms with E-state index in [4.69, 9.17) is 0 Å². The molecule has 0 bridgehead atoms. The van der Waals surface area contributed by atoms with Crippen molar-refractivity contribution in [3.8, 4) is 0 Å². The van der Waals surface area contributed by atoms with E-state index in [-0.39, 0.29) is 11.2 Å². The number of nitrogens with zero attached hydrogens (tertiary/aromatic N) is 2. The number of hydrogen-bond donors (Lipinski definition) is 0. The molecule has 0 atom stereocenters. The van der Waals surface area contributed by atoms with Gasteiger partial charge in [-0.1, -0.05) is 43.2 Å². The van der Waals surface area contributed by atoms with Gasteiger partial charge in [-0.15, -0.1) is 0 Å². The summed E-state index contributed by atoms with van der Waals surface area (Å²) < 4.78 is 1.82. The molecule has 3 heteroatoms. The van der Waals surface area contributed by atoms with E-state index in [1.807, 2.05) is 36.0 Å². The van der Waals surface area contributed by atoms with Crippen LogP contribution >= 0.6 is 0 Å². The van der Waals surface area contributed by atoms with E-state index in [9.17, 15) is 4.79 Å². The van der Waals surface area contributed by atoms with Crippen LogP contribution in [0.15, 0.2) is 42.7 Å². The minimum absolute atomic E-state index is 0.170. The average molecular weight is 254 g/mol. The van der Waals surface area contributed by atoms with Crippen molar-refractivity contribution in [1.29, 1.82) is 0 Å². The highest BCUT2D eigenvalue weighted by atomic mass is 16.1. The van der Waals surface area contributed by atoms with Crippen LogP contribution in [0.25, 0.3) is 0 Å². The predicted octanol–water partition coefficient (Wildman–Crippen LogP) is 3.11. The van der Waals surface area contributed by atoms with Crippen LogP contribution in [0, 0.1) is 0 Å². The summed E-state index contributed by atoms with van der Waals surface area (Å²) in [6.45, 7) is 0. The molecule has 2 aromatic rings. The molecular formula is C16H18N2O. The number of Topliss-reactive ketones (excluding diaryl/α,β-unsaturated/α-hetero) is 1. The Balaban J connectivity index is 2.07. The summed E-state index contributed by atoms with van der Waals surface area (Å²) in [6.07, 6.45) is 7.63. The Hall–Kier alpha value is -1.90. The smallest absolute Gasteiger partial charge is 0.208 e. The third-order valence-corrected chi connectivity index (χ3v) is 4.24. The summed E-state index contributed by atoms with van der Waals surface area (Å²) >= 11 is 0. The van der Waals surface area contributed by atoms with Crippen molar-refractivity contribution in [1.82, 2.24) is 9.55 Å². The van der Waals surface area contributed by atoms with Crippen molar-refractivity contribution in [3.05, 3.63) is 54.1 Å². The topological polar surface area (TPSA) is 34.9 Å². The van der Waals surface area contributed by atoms with Gasteiger partial charge in [0.05, 0.1) is 5.41 Å². The summed E-state index contributed by atoms with van der Waals surface area (Å²) in [6, 6.07) is 10.2. The van der Waals surface area contributed by atoms with Crippen LogP contribution in [-0.2, 0) is 12.5 Å². The lowest BCUT2D eigenvalue weighted by Crippen LogP contribution is -2.34. The first-order valence-corrected chi connectivity index (χ1v) is 6.82. The number of ketones is 1. The van der Waals surface area contributed by atoms with Crippen LogP contribution in [0.5, 0.6) is 0 Å². The minimum atomic E-state index is -0.361. The maximum absolute atomic E-state index is 13.0. The van der Waals surface area contributed by atoms with Crippen molar-refractivity contribution in [2.24, 2.45) is 7.05 Å². The number of rotatable bonds is 3. The molecule has 19 heavy (non-hydrogen) atoms. The second-order valence-electron chi connectivity index (χ2n) is 5.35. The van der Waals surface area contributed by atoms with Gasteiger partial charge in [0.25, 0.3) is 0 Å². The first-order valence-electron chi connectivity index (χ1n) is 6.82. The lowest BCUT2D eigenvalue weighted by atomic mass is 9.75.